The quantitative estimate of drug-likeness (QED) is 0.669. The highest BCUT2D eigenvalue weighted by Crippen LogP contribution is 2.33. The van der Waals surface area contributed by atoms with Crippen LogP contribution >= 0.6 is 31.9 Å². The fraction of sp³-hybridized carbons (Fsp3) is 0.909. The van der Waals surface area contributed by atoms with E-state index in [1.807, 2.05) is 0 Å². The molecular formula is C11H19Br2NO. The van der Waals surface area contributed by atoms with Crippen LogP contribution in [0.15, 0.2) is 0 Å². The fourth-order valence-corrected chi connectivity index (χ4v) is 2.64. The molecule has 4 heteroatoms. The highest BCUT2D eigenvalue weighted by Gasteiger charge is 2.31. The van der Waals surface area contributed by atoms with Crippen molar-refractivity contribution in [2.45, 2.75) is 54.6 Å². The second-order valence-electron chi connectivity index (χ2n) is 4.19. The van der Waals surface area contributed by atoms with E-state index in [0.29, 0.717) is 0 Å². The van der Waals surface area contributed by atoms with E-state index < -0.39 is 3.23 Å². The molecule has 1 fully saturated rings. The molecule has 0 aromatic heterocycles. The van der Waals surface area contributed by atoms with E-state index >= 15 is 0 Å². The summed E-state index contributed by atoms with van der Waals surface area (Å²) >= 11 is 6.90. The highest BCUT2D eigenvalue weighted by molar-refractivity contribution is 9.25. The van der Waals surface area contributed by atoms with Crippen LogP contribution in [0, 0.1) is 0 Å². The first kappa shape index (κ1) is 13.5. The number of carbonyl (C=O) groups excluding carboxylic acids is 1. The Morgan fingerprint density at radius 1 is 0.933 bits per heavy atom. The molecule has 1 aliphatic heterocycles. The lowest BCUT2D eigenvalue weighted by Crippen LogP contribution is -2.38. The summed E-state index contributed by atoms with van der Waals surface area (Å²) in [5.74, 6) is 0.0723. The third-order valence-electron chi connectivity index (χ3n) is 2.79. The second-order valence-corrected chi connectivity index (χ2v) is 7.96. The number of nitrogens with one attached hydrogen (secondary N) is 1. The van der Waals surface area contributed by atoms with Crippen molar-refractivity contribution >= 4 is 37.8 Å². The van der Waals surface area contributed by atoms with Gasteiger partial charge in [0.05, 0.1) is 0 Å². The molecule has 0 aliphatic carbocycles. The van der Waals surface area contributed by atoms with Gasteiger partial charge in [-0.25, -0.2) is 0 Å². The third-order valence-corrected chi connectivity index (χ3v) is 4.30. The molecule has 0 bridgehead atoms. The molecule has 1 saturated heterocycles. The summed E-state index contributed by atoms with van der Waals surface area (Å²) in [5, 5.41) is 2.96. The Morgan fingerprint density at radius 2 is 1.47 bits per heavy atom. The van der Waals surface area contributed by atoms with Crippen LogP contribution in [0.3, 0.4) is 0 Å². The van der Waals surface area contributed by atoms with Crippen LogP contribution in [-0.2, 0) is 4.79 Å². The Labute approximate surface area is 109 Å². The van der Waals surface area contributed by atoms with Crippen LogP contribution in [0.1, 0.15) is 51.4 Å². The zero-order valence-corrected chi connectivity index (χ0v) is 12.2. The van der Waals surface area contributed by atoms with Gasteiger partial charge in [-0.1, -0.05) is 70.4 Å². The van der Waals surface area contributed by atoms with Crippen molar-refractivity contribution in [2.75, 3.05) is 6.54 Å². The van der Waals surface area contributed by atoms with Crippen LogP contribution in [-0.4, -0.2) is 15.7 Å². The molecule has 0 saturated carbocycles. The van der Waals surface area contributed by atoms with Gasteiger partial charge in [0, 0.05) is 6.54 Å². The highest BCUT2D eigenvalue weighted by atomic mass is 79.9. The average molecular weight is 341 g/mol. The lowest BCUT2D eigenvalue weighted by Gasteiger charge is -2.20. The summed E-state index contributed by atoms with van der Waals surface area (Å²) in [6.45, 7) is 0.803. The Bertz CT molecular complexity index is 207. The molecule has 0 unspecified atom stereocenters. The van der Waals surface area contributed by atoms with Gasteiger partial charge in [-0.3, -0.25) is 4.79 Å². The SMILES string of the molecule is O=C1NCCCCCCCCCC1(Br)Br. The predicted octanol–water partition coefficient (Wildman–Crippen LogP) is 3.72. The smallest absolute Gasteiger partial charge is 0.247 e. The van der Waals surface area contributed by atoms with Crippen LogP contribution < -0.4 is 5.32 Å². The summed E-state index contributed by atoms with van der Waals surface area (Å²) in [6.07, 6.45) is 9.47. The van der Waals surface area contributed by atoms with Gasteiger partial charge in [-0.05, 0) is 12.8 Å². The van der Waals surface area contributed by atoms with Gasteiger partial charge >= 0.3 is 0 Å². The normalized spacial score (nSPS) is 24.8. The van der Waals surface area contributed by atoms with Gasteiger partial charge in [0.25, 0.3) is 0 Å². The van der Waals surface area contributed by atoms with Gasteiger partial charge in [-0.15, -0.1) is 0 Å². The van der Waals surface area contributed by atoms with E-state index in [1.165, 1.54) is 32.1 Å². The minimum Gasteiger partial charge on any atom is -0.354 e. The summed E-state index contributed by atoms with van der Waals surface area (Å²) in [6, 6.07) is 0. The van der Waals surface area contributed by atoms with Gasteiger partial charge in [0.15, 0.2) is 3.23 Å². The van der Waals surface area contributed by atoms with Crippen molar-refractivity contribution < 1.29 is 4.79 Å². The van der Waals surface area contributed by atoms with Gasteiger partial charge in [-0.2, -0.15) is 0 Å². The fourth-order valence-electron chi connectivity index (χ4n) is 1.80. The lowest BCUT2D eigenvalue weighted by molar-refractivity contribution is -0.121. The molecule has 0 spiro atoms. The molecule has 0 radical (unpaired) electrons. The third kappa shape index (κ3) is 5.34. The molecule has 1 amide bonds. The van der Waals surface area contributed by atoms with E-state index in [1.54, 1.807) is 0 Å². The second kappa shape index (κ2) is 6.89. The summed E-state index contributed by atoms with van der Waals surface area (Å²) in [5.41, 5.74) is 0. The average Bonchev–Trinajstić information content (AvgIpc) is 2.18. The van der Waals surface area contributed by atoms with Crippen molar-refractivity contribution in [2.24, 2.45) is 0 Å². The van der Waals surface area contributed by atoms with Crippen molar-refractivity contribution in [3.05, 3.63) is 0 Å². The Morgan fingerprint density at radius 3 is 2.13 bits per heavy atom. The zero-order chi connectivity index (χ0) is 11.1. The van der Waals surface area contributed by atoms with Crippen molar-refractivity contribution in [1.82, 2.24) is 5.32 Å². The first-order valence-corrected chi connectivity index (χ1v) is 7.38. The minimum absolute atomic E-state index is 0.0723. The van der Waals surface area contributed by atoms with E-state index in [4.69, 9.17) is 0 Å². The summed E-state index contributed by atoms with van der Waals surface area (Å²) < 4.78 is -0.542. The van der Waals surface area contributed by atoms with E-state index in [0.717, 1.165) is 25.8 Å². The monoisotopic (exact) mass is 339 g/mol. The lowest BCUT2D eigenvalue weighted by atomic mass is 10.1. The maximum Gasteiger partial charge on any atom is 0.247 e. The van der Waals surface area contributed by atoms with E-state index in [2.05, 4.69) is 37.2 Å². The van der Waals surface area contributed by atoms with E-state index in [-0.39, 0.29) is 5.91 Å². The molecular weight excluding hydrogens is 322 g/mol. The van der Waals surface area contributed by atoms with Crippen molar-refractivity contribution in [3.8, 4) is 0 Å². The number of hydrogen-bond donors (Lipinski definition) is 1. The van der Waals surface area contributed by atoms with Crippen molar-refractivity contribution in [3.63, 3.8) is 0 Å². The number of carbonyl (C=O) groups is 1. The van der Waals surface area contributed by atoms with Crippen LogP contribution in [0.5, 0.6) is 0 Å². The standard InChI is InChI=1S/C11H19Br2NO/c12-11(13)8-6-4-2-1-3-5-7-9-14-10(11)15/h1-9H2,(H,14,15). The maximum absolute atomic E-state index is 11.7. The molecule has 15 heavy (non-hydrogen) atoms. The molecule has 0 aromatic rings. The Hall–Kier alpha value is 0.430. The largest absolute Gasteiger partial charge is 0.354 e. The minimum atomic E-state index is -0.542. The molecule has 0 aromatic carbocycles. The molecule has 1 heterocycles. The number of rotatable bonds is 0. The van der Waals surface area contributed by atoms with Gasteiger partial charge in [0.1, 0.15) is 0 Å². The first-order chi connectivity index (χ1) is 7.13. The number of amides is 1. The van der Waals surface area contributed by atoms with Crippen LogP contribution in [0.25, 0.3) is 0 Å². The molecule has 2 nitrogen and oxygen atoms in total. The van der Waals surface area contributed by atoms with E-state index in [9.17, 15) is 4.79 Å². The molecule has 1 N–H and O–H groups in total. The predicted molar refractivity (Wildman–Crippen MR) is 70.5 cm³/mol. The zero-order valence-electron chi connectivity index (χ0n) is 9.03. The summed E-state index contributed by atoms with van der Waals surface area (Å²) in [7, 11) is 0. The molecule has 1 aliphatic rings. The number of alkyl halides is 2. The topological polar surface area (TPSA) is 29.1 Å². The molecule has 0 atom stereocenters. The van der Waals surface area contributed by atoms with Gasteiger partial charge in [0.2, 0.25) is 5.91 Å². The Kier molecular flexibility index (Phi) is 6.20. The molecule has 88 valence electrons. The van der Waals surface area contributed by atoms with Crippen LogP contribution in [0.4, 0.5) is 0 Å². The van der Waals surface area contributed by atoms with Crippen LogP contribution in [0.2, 0.25) is 0 Å². The van der Waals surface area contributed by atoms with Crippen molar-refractivity contribution in [1.29, 1.82) is 0 Å². The number of halogens is 2. The van der Waals surface area contributed by atoms with Gasteiger partial charge < -0.3 is 5.32 Å². The molecule has 1 rings (SSSR count). The first-order valence-electron chi connectivity index (χ1n) is 5.79. The number of hydrogen-bond acceptors (Lipinski definition) is 1. The summed E-state index contributed by atoms with van der Waals surface area (Å²) in [4.78, 5) is 11.7. The maximum atomic E-state index is 11.7. The Balaban J connectivity index is 2.42.